The van der Waals surface area contributed by atoms with Crippen molar-refractivity contribution in [3.8, 4) is 17.0 Å². The fourth-order valence-corrected chi connectivity index (χ4v) is 2.96. The van der Waals surface area contributed by atoms with E-state index in [2.05, 4.69) is 31.7 Å². The van der Waals surface area contributed by atoms with Crippen LogP contribution in [0.15, 0.2) is 59.2 Å². The molecule has 26 heavy (non-hydrogen) atoms. The number of aromatic hydroxyl groups is 1. The smallest absolute Gasteiger partial charge is 0.314 e. The Morgan fingerprint density at radius 2 is 1.65 bits per heavy atom. The molecule has 0 aliphatic carbocycles. The van der Waals surface area contributed by atoms with Gasteiger partial charge in [-0.3, -0.25) is 14.3 Å². The summed E-state index contributed by atoms with van der Waals surface area (Å²) in [5.41, 5.74) is 2.32. The first-order valence-corrected chi connectivity index (χ1v) is 8.42. The summed E-state index contributed by atoms with van der Waals surface area (Å²) in [5, 5.41) is 18.7. The van der Waals surface area contributed by atoms with Crippen molar-refractivity contribution < 1.29 is 14.7 Å². The van der Waals surface area contributed by atoms with Gasteiger partial charge in [-0.05, 0) is 40.2 Å². The molecule has 1 heterocycles. The SMILES string of the molecule is Cn1cc(Br)c(-c2cccc(NC(=O)C(=O)Nc3cccc(O)c3)c2)n1. The predicted molar refractivity (Wildman–Crippen MR) is 102 cm³/mol. The lowest BCUT2D eigenvalue weighted by Gasteiger charge is -2.08. The zero-order chi connectivity index (χ0) is 18.7. The number of hydrogen-bond acceptors (Lipinski definition) is 4. The van der Waals surface area contributed by atoms with E-state index in [-0.39, 0.29) is 5.75 Å². The number of carbonyl (C=O) groups is 2. The number of anilines is 2. The first-order chi connectivity index (χ1) is 12.4. The Bertz CT molecular complexity index is 984. The van der Waals surface area contributed by atoms with Crippen molar-refractivity contribution in [1.29, 1.82) is 0 Å². The molecule has 0 spiro atoms. The molecule has 0 radical (unpaired) electrons. The van der Waals surface area contributed by atoms with Crippen molar-refractivity contribution in [2.75, 3.05) is 10.6 Å². The maximum Gasteiger partial charge on any atom is 0.314 e. The van der Waals surface area contributed by atoms with E-state index < -0.39 is 11.8 Å². The number of halogens is 1. The topological polar surface area (TPSA) is 96.2 Å². The van der Waals surface area contributed by atoms with Crippen molar-refractivity contribution >= 4 is 39.1 Å². The Balaban J connectivity index is 1.72. The van der Waals surface area contributed by atoms with E-state index in [4.69, 9.17) is 0 Å². The number of aryl methyl sites for hydroxylation is 1. The summed E-state index contributed by atoms with van der Waals surface area (Å²) in [6.07, 6.45) is 1.82. The predicted octanol–water partition coefficient (Wildman–Crippen LogP) is 3.13. The number of aromatic nitrogens is 2. The standard InChI is InChI=1S/C18H15BrN4O3/c1-23-10-15(19)16(22-23)11-4-2-5-12(8-11)20-17(25)18(26)21-13-6-3-7-14(24)9-13/h2-10,24H,1H3,(H,20,25)(H,21,26). The second kappa shape index (κ2) is 7.40. The highest BCUT2D eigenvalue weighted by atomic mass is 79.9. The number of amides is 2. The van der Waals surface area contributed by atoms with Crippen LogP contribution in [-0.4, -0.2) is 26.7 Å². The molecule has 0 bridgehead atoms. The average molecular weight is 415 g/mol. The Labute approximate surface area is 157 Å². The van der Waals surface area contributed by atoms with Crippen LogP contribution in [0.2, 0.25) is 0 Å². The molecule has 3 rings (SSSR count). The van der Waals surface area contributed by atoms with Crippen molar-refractivity contribution in [1.82, 2.24) is 9.78 Å². The second-order valence-electron chi connectivity index (χ2n) is 5.54. The van der Waals surface area contributed by atoms with E-state index in [1.807, 2.05) is 19.3 Å². The van der Waals surface area contributed by atoms with Crippen LogP contribution in [0.4, 0.5) is 11.4 Å². The number of hydrogen-bond donors (Lipinski definition) is 3. The van der Waals surface area contributed by atoms with Crippen molar-refractivity contribution in [3.63, 3.8) is 0 Å². The van der Waals surface area contributed by atoms with E-state index in [0.717, 1.165) is 15.7 Å². The van der Waals surface area contributed by atoms with Gasteiger partial charge in [0.15, 0.2) is 0 Å². The molecule has 7 nitrogen and oxygen atoms in total. The molecule has 1 aromatic heterocycles. The first kappa shape index (κ1) is 17.7. The number of nitrogens with zero attached hydrogens (tertiary/aromatic N) is 2. The van der Waals surface area contributed by atoms with Crippen LogP contribution >= 0.6 is 15.9 Å². The number of phenols is 1. The maximum atomic E-state index is 12.1. The molecular weight excluding hydrogens is 400 g/mol. The lowest BCUT2D eigenvalue weighted by molar-refractivity contribution is -0.132. The largest absolute Gasteiger partial charge is 0.508 e. The first-order valence-electron chi connectivity index (χ1n) is 7.63. The highest BCUT2D eigenvalue weighted by Gasteiger charge is 2.15. The summed E-state index contributed by atoms with van der Waals surface area (Å²) in [5.74, 6) is -1.65. The molecule has 2 amide bonds. The maximum absolute atomic E-state index is 12.1. The quantitative estimate of drug-likeness (QED) is 0.573. The van der Waals surface area contributed by atoms with Gasteiger partial charge in [-0.2, -0.15) is 5.10 Å². The lowest BCUT2D eigenvalue weighted by Crippen LogP contribution is -2.29. The molecule has 132 valence electrons. The molecule has 3 N–H and O–H groups in total. The minimum absolute atomic E-state index is 0.00292. The van der Waals surface area contributed by atoms with Gasteiger partial charge in [0.2, 0.25) is 0 Å². The van der Waals surface area contributed by atoms with E-state index in [9.17, 15) is 14.7 Å². The highest BCUT2D eigenvalue weighted by molar-refractivity contribution is 9.10. The van der Waals surface area contributed by atoms with Crippen LogP contribution in [-0.2, 0) is 16.6 Å². The zero-order valence-corrected chi connectivity index (χ0v) is 15.3. The van der Waals surface area contributed by atoms with Crippen LogP contribution < -0.4 is 10.6 Å². The van der Waals surface area contributed by atoms with E-state index in [0.29, 0.717) is 11.4 Å². The molecule has 0 saturated heterocycles. The molecule has 0 unspecified atom stereocenters. The van der Waals surface area contributed by atoms with Crippen molar-refractivity contribution in [2.24, 2.45) is 7.05 Å². The van der Waals surface area contributed by atoms with Crippen LogP contribution in [0, 0.1) is 0 Å². The van der Waals surface area contributed by atoms with Gasteiger partial charge >= 0.3 is 11.8 Å². The molecule has 8 heteroatoms. The van der Waals surface area contributed by atoms with Crippen LogP contribution in [0.25, 0.3) is 11.3 Å². The molecule has 2 aromatic carbocycles. The number of nitrogens with one attached hydrogen (secondary N) is 2. The van der Waals surface area contributed by atoms with Gasteiger partial charge < -0.3 is 15.7 Å². The van der Waals surface area contributed by atoms with Gasteiger partial charge in [-0.25, -0.2) is 0 Å². The van der Waals surface area contributed by atoms with E-state index >= 15 is 0 Å². The molecular formula is C18H15BrN4O3. The molecule has 0 aliphatic rings. The summed E-state index contributed by atoms with van der Waals surface area (Å²) >= 11 is 3.44. The van der Waals surface area contributed by atoms with Gasteiger partial charge in [0.05, 0.1) is 4.47 Å². The average Bonchev–Trinajstić information content (AvgIpc) is 2.93. The number of phenolic OH excluding ortho intramolecular Hbond substituents is 1. The Morgan fingerprint density at radius 3 is 2.23 bits per heavy atom. The van der Waals surface area contributed by atoms with Gasteiger partial charge in [-0.1, -0.05) is 18.2 Å². The van der Waals surface area contributed by atoms with Crippen molar-refractivity contribution in [3.05, 3.63) is 59.2 Å². The normalized spacial score (nSPS) is 10.4. The summed E-state index contributed by atoms with van der Waals surface area (Å²) in [6.45, 7) is 0. The van der Waals surface area contributed by atoms with Crippen molar-refractivity contribution in [2.45, 2.75) is 0 Å². The molecule has 0 saturated carbocycles. The van der Waals surface area contributed by atoms with Gasteiger partial charge in [0.25, 0.3) is 0 Å². The second-order valence-corrected chi connectivity index (χ2v) is 6.39. The van der Waals surface area contributed by atoms with E-state index in [1.54, 1.807) is 35.0 Å². The third-order valence-electron chi connectivity index (χ3n) is 3.49. The van der Waals surface area contributed by atoms with Crippen LogP contribution in [0.1, 0.15) is 0 Å². The zero-order valence-electron chi connectivity index (χ0n) is 13.7. The van der Waals surface area contributed by atoms with Crippen LogP contribution in [0.5, 0.6) is 5.75 Å². The lowest BCUT2D eigenvalue weighted by atomic mass is 10.1. The van der Waals surface area contributed by atoms with Gasteiger partial charge in [-0.15, -0.1) is 0 Å². The summed E-state index contributed by atoms with van der Waals surface area (Å²) in [7, 11) is 1.81. The molecule has 0 aliphatic heterocycles. The van der Waals surface area contributed by atoms with Gasteiger partial charge in [0.1, 0.15) is 11.4 Å². The summed E-state index contributed by atoms with van der Waals surface area (Å²) in [6, 6.07) is 13.0. The Hall–Kier alpha value is -3.13. The summed E-state index contributed by atoms with van der Waals surface area (Å²) < 4.78 is 2.50. The van der Waals surface area contributed by atoms with E-state index in [1.165, 1.54) is 12.1 Å². The third-order valence-corrected chi connectivity index (χ3v) is 4.07. The minimum atomic E-state index is -0.833. The molecule has 0 fully saturated rings. The fraction of sp³-hybridized carbons (Fsp3) is 0.0556. The molecule has 3 aromatic rings. The Morgan fingerprint density at radius 1 is 1.04 bits per heavy atom. The minimum Gasteiger partial charge on any atom is -0.508 e. The highest BCUT2D eigenvalue weighted by Crippen LogP contribution is 2.28. The van der Waals surface area contributed by atoms with Gasteiger partial charge in [0, 0.05) is 36.2 Å². The molecule has 0 atom stereocenters. The summed E-state index contributed by atoms with van der Waals surface area (Å²) in [4.78, 5) is 24.1. The Kier molecular flexibility index (Phi) is 5.04. The van der Waals surface area contributed by atoms with Crippen LogP contribution in [0.3, 0.4) is 0 Å². The number of carbonyl (C=O) groups excluding carboxylic acids is 2. The number of rotatable bonds is 3. The third kappa shape index (κ3) is 4.09. The monoisotopic (exact) mass is 414 g/mol. The number of benzene rings is 2. The fourth-order valence-electron chi connectivity index (χ4n) is 2.36.